The fraction of sp³-hybridized carbons (Fsp3) is 0.136. The van der Waals surface area contributed by atoms with Crippen molar-refractivity contribution in [1.29, 1.82) is 0 Å². The summed E-state index contributed by atoms with van der Waals surface area (Å²) in [6.07, 6.45) is 0.364. The van der Waals surface area contributed by atoms with Crippen molar-refractivity contribution < 1.29 is 9.13 Å². The van der Waals surface area contributed by atoms with E-state index in [1.807, 2.05) is 47.5 Å². The van der Waals surface area contributed by atoms with Gasteiger partial charge in [-0.15, -0.1) is 0 Å². The Kier molecular flexibility index (Phi) is 3.49. The van der Waals surface area contributed by atoms with Crippen molar-refractivity contribution in [3.63, 3.8) is 0 Å². The van der Waals surface area contributed by atoms with Crippen molar-refractivity contribution in [2.75, 3.05) is 0 Å². The van der Waals surface area contributed by atoms with E-state index in [2.05, 4.69) is 18.2 Å². The van der Waals surface area contributed by atoms with Gasteiger partial charge in [-0.1, -0.05) is 60.7 Å². The van der Waals surface area contributed by atoms with E-state index in [0.29, 0.717) is 0 Å². The van der Waals surface area contributed by atoms with E-state index < -0.39 is 6.23 Å². The van der Waals surface area contributed by atoms with Crippen LogP contribution in [0.25, 0.3) is 0 Å². The molecule has 2 aliphatic rings. The Bertz CT molecular complexity index is 986. The number of halogens is 1. The predicted molar refractivity (Wildman–Crippen MR) is 98.4 cm³/mol. The van der Waals surface area contributed by atoms with Crippen molar-refractivity contribution in [3.05, 3.63) is 101 Å². The fourth-order valence-corrected chi connectivity index (χ4v) is 3.72. The van der Waals surface area contributed by atoms with Gasteiger partial charge >= 0.3 is 0 Å². The molecule has 5 rings (SSSR count). The lowest BCUT2D eigenvalue weighted by molar-refractivity contribution is -0.0192. The van der Waals surface area contributed by atoms with Gasteiger partial charge in [0.05, 0.1) is 11.8 Å². The van der Waals surface area contributed by atoms with Crippen LogP contribution in [-0.2, 0) is 0 Å². The number of hydrogen-bond acceptors (Lipinski definition) is 3. The second-order valence-corrected chi connectivity index (χ2v) is 6.58. The molecule has 0 aromatic heterocycles. The maximum atomic E-state index is 13.8. The quantitative estimate of drug-likeness (QED) is 0.648. The van der Waals surface area contributed by atoms with E-state index >= 15 is 0 Å². The van der Waals surface area contributed by atoms with Crippen LogP contribution in [0.5, 0.6) is 5.75 Å². The van der Waals surface area contributed by atoms with E-state index in [9.17, 15) is 4.39 Å². The van der Waals surface area contributed by atoms with Crippen molar-refractivity contribution in [2.45, 2.75) is 18.7 Å². The highest BCUT2D eigenvalue weighted by Gasteiger charge is 2.40. The highest BCUT2D eigenvalue weighted by Crippen LogP contribution is 2.47. The van der Waals surface area contributed by atoms with E-state index in [4.69, 9.17) is 9.84 Å². The molecule has 128 valence electrons. The molecule has 3 aromatic rings. The third-order valence-corrected chi connectivity index (χ3v) is 4.94. The molecule has 0 saturated carbocycles. The fourth-order valence-electron chi connectivity index (χ4n) is 3.72. The van der Waals surface area contributed by atoms with Crippen molar-refractivity contribution in [1.82, 2.24) is 5.01 Å². The van der Waals surface area contributed by atoms with Gasteiger partial charge in [0.1, 0.15) is 11.6 Å². The Morgan fingerprint density at radius 2 is 1.73 bits per heavy atom. The molecule has 0 bridgehead atoms. The van der Waals surface area contributed by atoms with E-state index in [1.165, 1.54) is 12.1 Å². The first-order valence-electron chi connectivity index (χ1n) is 8.72. The van der Waals surface area contributed by atoms with Crippen molar-refractivity contribution >= 4 is 5.71 Å². The van der Waals surface area contributed by atoms with Crippen LogP contribution in [0.1, 0.15) is 35.4 Å². The van der Waals surface area contributed by atoms with Gasteiger partial charge in [-0.25, -0.2) is 9.40 Å². The van der Waals surface area contributed by atoms with Crippen LogP contribution in [0, 0.1) is 5.82 Å². The zero-order chi connectivity index (χ0) is 17.5. The normalized spacial score (nSPS) is 20.8. The summed E-state index contributed by atoms with van der Waals surface area (Å²) in [6.45, 7) is 0. The second kappa shape index (κ2) is 5.99. The highest BCUT2D eigenvalue weighted by molar-refractivity contribution is 6.01. The summed E-state index contributed by atoms with van der Waals surface area (Å²) in [7, 11) is 0. The molecule has 3 aromatic carbocycles. The summed E-state index contributed by atoms with van der Waals surface area (Å²) in [5.74, 6) is 0.570. The van der Waals surface area contributed by atoms with Crippen LogP contribution in [0.4, 0.5) is 4.39 Å². The Morgan fingerprint density at radius 3 is 2.58 bits per heavy atom. The molecular formula is C22H17FN2O. The minimum Gasteiger partial charge on any atom is -0.464 e. The first-order chi connectivity index (χ1) is 12.8. The van der Waals surface area contributed by atoms with Crippen LogP contribution >= 0.6 is 0 Å². The topological polar surface area (TPSA) is 24.8 Å². The molecule has 3 nitrogen and oxygen atoms in total. The summed E-state index contributed by atoms with van der Waals surface area (Å²) in [4.78, 5) is 0. The van der Waals surface area contributed by atoms with E-state index in [-0.39, 0.29) is 11.9 Å². The molecule has 0 aliphatic carbocycles. The summed E-state index contributed by atoms with van der Waals surface area (Å²) < 4.78 is 20.0. The number of nitrogens with zero attached hydrogens (tertiary/aromatic N) is 2. The average molecular weight is 344 g/mol. The van der Waals surface area contributed by atoms with E-state index in [0.717, 1.165) is 34.6 Å². The summed E-state index contributed by atoms with van der Waals surface area (Å²) in [5.41, 5.74) is 4.02. The van der Waals surface area contributed by atoms with E-state index in [1.54, 1.807) is 6.07 Å². The molecule has 0 unspecified atom stereocenters. The van der Waals surface area contributed by atoms with Gasteiger partial charge in [0, 0.05) is 17.5 Å². The summed E-state index contributed by atoms with van der Waals surface area (Å²) in [5, 5.41) is 6.84. The molecule has 2 aliphatic heterocycles. The lowest BCUT2D eigenvalue weighted by Crippen LogP contribution is -2.33. The molecule has 0 amide bonds. The lowest BCUT2D eigenvalue weighted by atomic mass is 9.96. The molecule has 0 fully saturated rings. The Morgan fingerprint density at radius 1 is 0.923 bits per heavy atom. The molecule has 0 N–H and O–H groups in total. The number of rotatable bonds is 2. The van der Waals surface area contributed by atoms with Gasteiger partial charge < -0.3 is 4.74 Å². The van der Waals surface area contributed by atoms with Crippen LogP contribution in [-0.4, -0.2) is 10.7 Å². The third kappa shape index (κ3) is 2.46. The van der Waals surface area contributed by atoms with Crippen LogP contribution in [0.2, 0.25) is 0 Å². The molecule has 4 heteroatoms. The standard InChI is InChI=1S/C22H17FN2O/c23-17-10-6-9-16(13-17)22-25-20(18-11-4-5-12-21(18)26-22)14-19(24-25)15-7-2-1-3-8-15/h1-13,20,22H,14H2/t20-,22-/m0/s1. The lowest BCUT2D eigenvalue weighted by Gasteiger charge is -2.38. The van der Waals surface area contributed by atoms with Gasteiger partial charge in [-0.2, -0.15) is 5.10 Å². The summed E-state index contributed by atoms with van der Waals surface area (Å²) in [6, 6.07) is 24.9. The largest absolute Gasteiger partial charge is 0.464 e. The highest BCUT2D eigenvalue weighted by atomic mass is 19.1. The number of ether oxygens (including phenoxy) is 1. The number of para-hydroxylation sites is 1. The van der Waals surface area contributed by atoms with Crippen molar-refractivity contribution in [2.24, 2.45) is 5.10 Å². The molecule has 2 heterocycles. The van der Waals surface area contributed by atoms with Gasteiger partial charge in [0.15, 0.2) is 0 Å². The second-order valence-electron chi connectivity index (χ2n) is 6.58. The van der Waals surface area contributed by atoms with Crippen molar-refractivity contribution in [3.8, 4) is 5.75 Å². The Balaban J connectivity index is 1.61. The Labute approximate surface area is 151 Å². The number of benzene rings is 3. The first-order valence-corrected chi connectivity index (χ1v) is 8.72. The third-order valence-electron chi connectivity index (χ3n) is 4.94. The molecule has 0 radical (unpaired) electrons. The van der Waals surface area contributed by atoms with Crippen LogP contribution in [0.15, 0.2) is 84.0 Å². The predicted octanol–water partition coefficient (Wildman–Crippen LogP) is 5.07. The van der Waals surface area contributed by atoms with Gasteiger partial charge in [0.2, 0.25) is 6.23 Å². The Hall–Kier alpha value is -3.14. The minimum absolute atomic E-state index is 0.0865. The average Bonchev–Trinajstić information content (AvgIpc) is 3.14. The number of hydrazone groups is 1. The van der Waals surface area contributed by atoms with Gasteiger partial charge in [-0.05, 0) is 23.8 Å². The summed E-state index contributed by atoms with van der Waals surface area (Å²) >= 11 is 0. The number of hydrogen-bond donors (Lipinski definition) is 0. The zero-order valence-corrected chi connectivity index (χ0v) is 14.0. The molecule has 26 heavy (non-hydrogen) atoms. The van der Waals surface area contributed by atoms with Crippen LogP contribution in [0.3, 0.4) is 0 Å². The zero-order valence-electron chi connectivity index (χ0n) is 14.0. The first kappa shape index (κ1) is 15.1. The molecular weight excluding hydrogens is 327 g/mol. The smallest absolute Gasteiger partial charge is 0.213 e. The number of fused-ring (bicyclic) bond motifs is 3. The molecule has 0 spiro atoms. The van der Waals surface area contributed by atoms with Crippen LogP contribution < -0.4 is 4.74 Å². The van der Waals surface area contributed by atoms with Gasteiger partial charge in [0.25, 0.3) is 0 Å². The molecule has 0 saturated heterocycles. The maximum absolute atomic E-state index is 13.8. The van der Waals surface area contributed by atoms with Gasteiger partial charge in [-0.3, -0.25) is 0 Å². The molecule has 2 atom stereocenters. The SMILES string of the molecule is Fc1cccc([C@@H]2Oc3ccccc3[C@@H]3CC(c4ccccc4)=NN32)c1. The monoisotopic (exact) mass is 344 g/mol. The maximum Gasteiger partial charge on any atom is 0.213 e. The minimum atomic E-state index is -0.438.